The Morgan fingerprint density at radius 1 is 1.40 bits per heavy atom. The van der Waals surface area contributed by atoms with E-state index in [9.17, 15) is 0 Å². The van der Waals surface area contributed by atoms with E-state index in [0.717, 1.165) is 29.2 Å². The summed E-state index contributed by atoms with van der Waals surface area (Å²) in [6.45, 7) is 7.13. The predicted molar refractivity (Wildman–Crippen MR) is 78.2 cm³/mol. The molecule has 1 unspecified atom stereocenters. The molecule has 1 atom stereocenters. The molecule has 5 nitrogen and oxygen atoms in total. The third-order valence-electron chi connectivity index (χ3n) is 3.50. The highest BCUT2D eigenvalue weighted by Gasteiger charge is 2.15. The van der Waals surface area contributed by atoms with Crippen LogP contribution in [-0.4, -0.2) is 28.0 Å². The monoisotopic (exact) mass is 277 g/mol. The maximum Gasteiger partial charge on any atom is 0.152 e. The summed E-state index contributed by atoms with van der Waals surface area (Å²) in [5.41, 5.74) is 1.99. The van der Waals surface area contributed by atoms with Gasteiger partial charge >= 0.3 is 0 Å². The van der Waals surface area contributed by atoms with Crippen molar-refractivity contribution in [3.63, 3.8) is 0 Å². The van der Waals surface area contributed by atoms with Crippen LogP contribution in [0.3, 0.4) is 0 Å². The van der Waals surface area contributed by atoms with Crippen molar-refractivity contribution in [1.29, 1.82) is 0 Å². The van der Waals surface area contributed by atoms with Gasteiger partial charge in [0.2, 0.25) is 0 Å². The van der Waals surface area contributed by atoms with E-state index in [4.69, 9.17) is 9.52 Å². The third-order valence-corrected chi connectivity index (χ3v) is 3.50. The van der Waals surface area contributed by atoms with Crippen LogP contribution in [0.15, 0.2) is 22.7 Å². The van der Waals surface area contributed by atoms with Crippen LogP contribution in [0, 0.1) is 12.8 Å². The lowest BCUT2D eigenvalue weighted by Gasteiger charge is -2.21. The van der Waals surface area contributed by atoms with Crippen molar-refractivity contribution in [2.24, 2.45) is 5.92 Å². The molecule has 2 heterocycles. The molecule has 5 heteroatoms. The van der Waals surface area contributed by atoms with Crippen molar-refractivity contribution in [1.82, 2.24) is 15.5 Å². The van der Waals surface area contributed by atoms with Gasteiger partial charge in [-0.05, 0) is 31.4 Å². The highest BCUT2D eigenvalue weighted by molar-refractivity contribution is 5.56. The first-order chi connectivity index (χ1) is 9.61. The van der Waals surface area contributed by atoms with Gasteiger partial charge in [-0.25, -0.2) is 0 Å². The van der Waals surface area contributed by atoms with Crippen LogP contribution in [0.2, 0.25) is 0 Å². The van der Waals surface area contributed by atoms with Gasteiger partial charge < -0.3 is 14.8 Å². The number of H-pyrrole nitrogens is 1. The number of nitrogens with zero attached hydrogens (tertiary/aromatic N) is 1. The van der Waals surface area contributed by atoms with Gasteiger partial charge in [0.1, 0.15) is 11.5 Å². The minimum Gasteiger partial charge on any atom is -0.460 e. The molecule has 0 saturated heterocycles. The van der Waals surface area contributed by atoms with Gasteiger partial charge in [0.05, 0.1) is 6.20 Å². The third kappa shape index (κ3) is 3.49. The smallest absolute Gasteiger partial charge is 0.152 e. The van der Waals surface area contributed by atoms with Crippen LogP contribution in [-0.2, 0) is 6.54 Å². The number of aliphatic hydroxyl groups is 1. The van der Waals surface area contributed by atoms with Crippen LogP contribution >= 0.6 is 0 Å². The molecule has 0 bridgehead atoms. The Balaban J connectivity index is 2.05. The largest absolute Gasteiger partial charge is 0.460 e. The van der Waals surface area contributed by atoms with Gasteiger partial charge in [0.25, 0.3) is 0 Å². The number of hydrogen-bond donors (Lipinski definition) is 3. The molecule has 0 saturated carbocycles. The molecule has 2 rings (SSSR count). The molecule has 0 aliphatic carbocycles. The molecule has 0 aliphatic rings. The number of aryl methyl sites for hydroxylation is 1. The Bertz CT molecular complexity index is 531. The number of nitrogens with one attached hydrogen (secondary N) is 2. The van der Waals surface area contributed by atoms with E-state index in [2.05, 4.69) is 29.4 Å². The molecular weight excluding hydrogens is 254 g/mol. The number of furan rings is 1. The quantitative estimate of drug-likeness (QED) is 0.727. The van der Waals surface area contributed by atoms with Crippen molar-refractivity contribution >= 4 is 0 Å². The first-order valence-electron chi connectivity index (χ1n) is 7.05. The lowest BCUT2D eigenvalue weighted by atomic mass is 10.0. The first-order valence-corrected chi connectivity index (χ1v) is 7.05. The van der Waals surface area contributed by atoms with Gasteiger partial charge in [-0.2, -0.15) is 5.10 Å². The summed E-state index contributed by atoms with van der Waals surface area (Å²) in [5.74, 6) is 2.16. The van der Waals surface area contributed by atoms with Crippen molar-refractivity contribution < 1.29 is 9.52 Å². The van der Waals surface area contributed by atoms with E-state index in [1.165, 1.54) is 0 Å². The van der Waals surface area contributed by atoms with Crippen LogP contribution in [0.5, 0.6) is 0 Å². The fourth-order valence-electron chi connectivity index (χ4n) is 2.28. The molecule has 3 N–H and O–H groups in total. The Kier molecular flexibility index (Phi) is 4.98. The SMILES string of the molecule is Cc1ccc(-c2[nH]ncc2CNC(CCO)C(C)C)o1. The Labute approximate surface area is 119 Å². The van der Waals surface area contributed by atoms with Crippen molar-refractivity contribution in [2.75, 3.05) is 6.61 Å². The topological polar surface area (TPSA) is 74.1 Å². The van der Waals surface area contributed by atoms with E-state index in [1.54, 1.807) is 0 Å². The molecule has 2 aromatic heterocycles. The highest BCUT2D eigenvalue weighted by atomic mass is 16.3. The fourth-order valence-corrected chi connectivity index (χ4v) is 2.28. The van der Waals surface area contributed by atoms with Gasteiger partial charge in [-0.1, -0.05) is 13.8 Å². The summed E-state index contributed by atoms with van der Waals surface area (Å²) in [7, 11) is 0. The van der Waals surface area contributed by atoms with Crippen LogP contribution < -0.4 is 5.32 Å². The number of rotatable bonds is 7. The van der Waals surface area contributed by atoms with Crippen molar-refractivity contribution in [3.8, 4) is 11.5 Å². The second kappa shape index (κ2) is 6.72. The maximum atomic E-state index is 9.10. The van der Waals surface area contributed by atoms with E-state index >= 15 is 0 Å². The maximum absolute atomic E-state index is 9.10. The second-order valence-corrected chi connectivity index (χ2v) is 5.42. The standard InChI is InChI=1S/C15H23N3O2/c1-10(2)13(6-7-19)16-8-12-9-17-18-15(12)14-5-4-11(3)20-14/h4-5,9-10,13,16,19H,6-8H2,1-3H3,(H,17,18). The number of aliphatic hydroxyl groups excluding tert-OH is 1. The Morgan fingerprint density at radius 2 is 2.20 bits per heavy atom. The van der Waals surface area contributed by atoms with Gasteiger partial charge in [0, 0.05) is 24.8 Å². The predicted octanol–water partition coefficient (Wildman–Crippen LogP) is 2.47. The molecule has 110 valence electrons. The average Bonchev–Trinajstić information content (AvgIpc) is 3.02. The van der Waals surface area contributed by atoms with E-state index in [-0.39, 0.29) is 6.61 Å². The average molecular weight is 277 g/mol. The molecule has 2 aromatic rings. The fraction of sp³-hybridized carbons (Fsp3) is 0.533. The van der Waals surface area contributed by atoms with Crippen molar-refractivity contribution in [2.45, 2.75) is 39.8 Å². The molecule has 0 aromatic carbocycles. The second-order valence-electron chi connectivity index (χ2n) is 5.42. The molecule has 0 aliphatic heterocycles. The summed E-state index contributed by atoms with van der Waals surface area (Å²) < 4.78 is 5.63. The Morgan fingerprint density at radius 3 is 2.80 bits per heavy atom. The molecular formula is C15H23N3O2. The molecule has 20 heavy (non-hydrogen) atoms. The van der Waals surface area contributed by atoms with E-state index < -0.39 is 0 Å². The molecule has 0 spiro atoms. The lowest BCUT2D eigenvalue weighted by Crippen LogP contribution is -2.34. The van der Waals surface area contributed by atoms with Gasteiger partial charge in [-0.3, -0.25) is 5.10 Å². The van der Waals surface area contributed by atoms with E-state index in [1.807, 2.05) is 25.3 Å². The zero-order chi connectivity index (χ0) is 14.5. The Hall–Kier alpha value is -1.59. The summed E-state index contributed by atoms with van der Waals surface area (Å²) >= 11 is 0. The van der Waals surface area contributed by atoms with Crippen LogP contribution in [0.1, 0.15) is 31.6 Å². The minimum absolute atomic E-state index is 0.200. The summed E-state index contributed by atoms with van der Waals surface area (Å²) in [5, 5.41) is 19.7. The summed E-state index contributed by atoms with van der Waals surface area (Å²) in [6, 6.07) is 4.18. The normalized spacial score (nSPS) is 13.1. The number of hydrogen-bond acceptors (Lipinski definition) is 4. The molecule has 0 fully saturated rings. The lowest BCUT2D eigenvalue weighted by molar-refractivity contribution is 0.244. The van der Waals surface area contributed by atoms with Gasteiger partial charge in [0.15, 0.2) is 5.76 Å². The van der Waals surface area contributed by atoms with Crippen LogP contribution in [0.25, 0.3) is 11.5 Å². The summed E-state index contributed by atoms with van der Waals surface area (Å²) in [6.07, 6.45) is 2.57. The number of aromatic amines is 1. The zero-order valence-electron chi connectivity index (χ0n) is 12.3. The highest BCUT2D eigenvalue weighted by Crippen LogP contribution is 2.23. The molecule has 0 amide bonds. The molecule has 0 radical (unpaired) electrons. The zero-order valence-corrected chi connectivity index (χ0v) is 12.3. The number of aromatic nitrogens is 2. The minimum atomic E-state index is 0.200. The van der Waals surface area contributed by atoms with Gasteiger partial charge in [-0.15, -0.1) is 0 Å². The van der Waals surface area contributed by atoms with Crippen LogP contribution in [0.4, 0.5) is 0 Å². The van der Waals surface area contributed by atoms with E-state index in [0.29, 0.717) is 18.5 Å². The van der Waals surface area contributed by atoms with Crippen molar-refractivity contribution in [3.05, 3.63) is 29.7 Å². The first kappa shape index (κ1) is 14.8. The summed E-state index contributed by atoms with van der Waals surface area (Å²) in [4.78, 5) is 0.